The van der Waals surface area contributed by atoms with Gasteiger partial charge in [0.25, 0.3) is 0 Å². The van der Waals surface area contributed by atoms with Crippen molar-refractivity contribution in [2.45, 2.75) is 37.8 Å². The standard InChI is InChI=1S/C12H26N2O2/c1-4-12(9-13,10-15-3)14(2)11-5-7-16-8-6-11/h11H,4-10,13H2,1-3H3. The van der Waals surface area contributed by atoms with Gasteiger partial charge in [-0.05, 0) is 26.3 Å². The third-order valence-corrected chi connectivity index (χ3v) is 3.94. The van der Waals surface area contributed by atoms with Crippen molar-refractivity contribution in [3.63, 3.8) is 0 Å². The van der Waals surface area contributed by atoms with Crippen LogP contribution in [0.1, 0.15) is 26.2 Å². The summed E-state index contributed by atoms with van der Waals surface area (Å²) in [5.41, 5.74) is 5.94. The maximum Gasteiger partial charge on any atom is 0.0658 e. The predicted molar refractivity (Wildman–Crippen MR) is 65.6 cm³/mol. The lowest BCUT2D eigenvalue weighted by molar-refractivity contribution is -0.0342. The molecular formula is C12H26N2O2. The van der Waals surface area contributed by atoms with Crippen molar-refractivity contribution in [1.29, 1.82) is 0 Å². The fourth-order valence-electron chi connectivity index (χ4n) is 2.53. The summed E-state index contributed by atoms with van der Waals surface area (Å²) < 4.78 is 10.7. The molecule has 1 rings (SSSR count). The minimum atomic E-state index is -0.0171. The Morgan fingerprint density at radius 1 is 1.44 bits per heavy atom. The fraction of sp³-hybridized carbons (Fsp3) is 1.00. The highest BCUT2D eigenvalue weighted by Gasteiger charge is 2.36. The lowest BCUT2D eigenvalue weighted by Gasteiger charge is -2.45. The van der Waals surface area contributed by atoms with Crippen molar-refractivity contribution in [1.82, 2.24) is 4.90 Å². The van der Waals surface area contributed by atoms with Gasteiger partial charge < -0.3 is 15.2 Å². The van der Waals surface area contributed by atoms with Crippen LogP contribution >= 0.6 is 0 Å². The van der Waals surface area contributed by atoms with Crippen LogP contribution in [0.25, 0.3) is 0 Å². The molecule has 1 aliphatic rings. The number of likely N-dealkylation sites (N-methyl/N-ethyl adjacent to an activating group) is 1. The minimum Gasteiger partial charge on any atom is -0.383 e. The molecule has 4 nitrogen and oxygen atoms in total. The molecule has 2 N–H and O–H groups in total. The van der Waals surface area contributed by atoms with Crippen molar-refractivity contribution in [2.24, 2.45) is 5.73 Å². The zero-order chi connectivity index (χ0) is 12.0. The molecule has 0 aromatic rings. The van der Waals surface area contributed by atoms with Crippen LogP contribution in [0.15, 0.2) is 0 Å². The highest BCUT2D eigenvalue weighted by molar-refractivity contribution is 4.93. The molecule has 0 aromatic carbocycles. The number of rotatable bonds is 6. The van der Waals surface area contributed by atoms with E-state index >= 15 is 0 Å². The van der Waals surface area contributed by atoms with Crippen molar-refractivity contribution < 1.29 is 9.47 Å². The summed E-state index contributed by atoms with van der Waals surface area (Å²) in [5, 5.41) is 0. The smallest absolute Gasteiger partial charge is 0.0658 e. The van der Waals surface area contributed by atoms with E-state index in [1.807, 2.05) is 0 Å². The van der Waals surface area contributed by atoms with Crippen LogP contribution < -0.4 is 5.73 Å². The van der Waals surface area contributed by atoms with Crippen LogP contribution in [-0.2, 0) is 9.47 Å². The summed E-state index contributed by atoms with van der Waals surface area (Å²) >= 11 is 0. The number of nitrogens with two attached hydrogens (primary N) is 1. The van der Waals surface area contributed by atoms with Gasteiger partial charge in [-0.15, -0.1) is 0 Å². The maximum atomic E-state index is 5.96. The minimum absolute atomic E-state index is 0.0171. The van der Waals surface area contributed by atoms with E-state index in [2.05, 4.69) is 18.9 Å². The second-order valence-electron chi connectivity index (χ2n) is 4.67. The number of methoxy groups -OCH3 is 1. The maximum absolute atomic E-state index is 5.96. The summed E-state index contributed by atoms with van der Waals surface area (Å²) in [7, 11) is 3.92. The molecule has 96 valence electrons. The largest absolute Gasteiger partial charge is 0.383 e. The van der Waals surface area contributed by atoms with Crippen molar-refractivity contribution in [3.8, 4) is 0 Å². The molecule has 1 saturated heterocycles. The number of ether oxygens (including phenoxy) is 2. The van der Waals surface area contributed by atoms with E-state index in [-0.39, 0.29) is 5.54 Å². The van der Waals surface area contributed by atoms with Gasteiger partial charge in [0.05, 0.1) is 12.1 Å². The normalized spacial score (nSPS) is 22.3. The van der Waals surface area contributed by atoms with Crippen molar-refractivity contribution >= 4 is 0 Å². The summed E-state index contributed by atoms with van der Waals surface area (Å²) in [6, 6.07) is 0.576. The third kappa shape index (κ3) is 2.94. The first-order valence-corrected chi connectivity index (χ1v) is 6.20. The first-order chi connectivity index (χ1) is 7.70. The molecule has 1 aliphatic heterocycles. The zero-order valence-corrected chi connectivity index (χ0v) is 10.9. The molecular weight excluding hydrogens is 204 g/mol. The average Bonchev–Trinajstić information content (AvgIpc) is 2.36. The van der Waals surface area contributed by atoms with E-state index in [1.165, 1.54) is 0 Å². The molecule has 0 spiro atoms. The van der Waals surface area contributed by atoms with Gasteiger partial charge in [-0.2, -0.15) is 0 Å². The van der Waals surface area contributed by atoms with E-state index in [1.54, 1.807) is 7.11 Å². The summed E-state index contributed by atoms with van der Waals surface area (Å²) in [6.45, 7) is 5.26. The topological polar surface area (TPSA) is 47.7 Å². The average molecular weight is 230 g/mol. The van der Waals surface area contributed by atoms with Crippen molar-refractivity contribution in [2.75, 3.05) is 40.5 Å². The van der Waals surface area contributed by atoms with E-state index in [0.717, 1.165) is 32.5 Å². The molecule has 1 atom stereocenters. The zero-order valence-electron chi connectivity index (χ0n) is 10.9. The van der Waals surface area contributed by atoms with Crippen LogP contribution in [0.2, 0.25) is 0 Å². The Balaban J connectivity index is 2.67. The third-order valence-electron chi connectivity index (χ3n) is 3.94. The van der Waals surface area contributed by atoms with Crippen molar-refractivity contribution in [3.05, 3.63) is 0 Å². The van der Waals surface area contributed by atoms with Gasteiger partial charge in [-0.1, -0.05) is 6.92 Å². The van der Waals surface area contributed by atoms with E-state index in [4.69, 9.17) is 15.2 Å². The quantitative estimate of drug-likeness (QED) is 0.735. The van der Waals surface area contributed by atoms with Gasteiger partial charge in [0.1, 0.15) is 0 Å². The second kappa shape index (κ2) is 6.55. The molecule has 0 amide bonds. The molecule has 1 unspecified atom stereocenters. The van der Waals surface area contributed by atoms with Gasteiger partial charge in [0, 0.05) is 32.9 Å². The van der Waals surface area contributed by atoms with E-state index < -0.39 is 0 Å². The number of hydrogen-bond acceptors (Lipinski definition) is 4. The van der Waals surface area contributed by atoms with Crippen LogP contribution in [-0.4, -0.2) is 57.0 Å². The van der Waals surface area contributed by atoms with Crippen LogP contribution in [0, 0.1) is 0 Å². The van der Waals surface area contributed by atoms with Crippen LogP contribution in [0.5, 0.6) is 0 Å². The highest BCUT2D eigenvalue weighted by atomic mass is 16.5. The summed E-state index contributed by atoms with van der Waals surface area (Å²) in [4.78, 5) is 2.42. The SMILES string of the molecule is CCC(CN)(COC)N(C)C1CCOCC1. The fourth-order valence-corrected chi connectivity index (χ4v) is 2.53. The molecule has 0 aromatic heterocycles. The second-order valence-corrected chi connectivity index (χ2v) is 4.67. The molecule has 4 heteroatoms. The Labute approximate surface area is 99.1 Å². The van der Waals surface area contributed by atoms with Crippen LogP contribution in [0.4, 0.5) is 0 Å². The number of hydrogen-bond donors (Lipinski definition) is 1. The Hall–Kier alpha value is -0.160. The molecule has 0 aliphatic carbocycles. The molecule has 1 heterocycles. The molecule has 0 radical (unpaired) electrons. The Kier molecular flexibility index (Phi) is 5.69. The van der Waals surface area contributed by atoms with Gasteiger partial charge >= 0.3 is 0 Å². The number of nitrogens with zero attached hydrogens (tertiary/aromatic N) is 1. The predicted octanol–water partition coefficient (Wildman–Crippen LogP) is 0.851. The monoisotopic (exact) mass is 230 g/mol. The van der Waals surface area contributed by atoms with Gasteiger partial charge in [0.2, 0.25) is 0 Å². The molecule has 0 saturated carbocycles. The Morgan fingerprint density at radius 2 is 2.06 bits per heavy atom. The van der Waals surface area contributed by atoms with E-state index in [0.29, 0.717) is 19.2 Å². The van der Waals surface area contributed by atoms with Crippen LogP contribution in [0.3, 0.4) is 0 Å². The Morgan fingerprint density at radius 3 is 2.50 bits per heavy atom. The van der Waals surface area contributed by atoms with Gasteiger partial charge in [-0.25, -0.2) is 0 Å². The molecule has 1 fully saturated rings. The highest BCUT2D eigenvalue weighted by Crippen LogP contribution is 2.24. The first kappa shape index (κ1) is 13.9. The Bertz CT molecular complexity index is 189. The molecule has 0 bridgehead atoms. The lowest BCUT2D eigenvalue weighted by atomic mass is 9.91. The first-order valence-electron chi connectivity index (χ1n) is 6.20. The molecule has 16 heavy (non-hydrogen) atoms. The van der Waals surface area contributed by atoms with Gasteiger partial charge in [-0.3, -0.25) is 4.90 Å². The van der Waals surface area contributed by atoms with E-state index in [9.17, 15) is 0 Å². The summed E-state index contributed by atoms with van der Waals surface area (Å²) in [5.74, 6) is 0. The van der Waals surface area contributed by atoms with Gasteiger partial charge in [0.15, 0.2) is 0 Å². The lowest BCUT2D eigenvalue weighted by Crippen LogP contribution is -2.59. The summed E-state index contributed by atoms with van der Waals surface area (Å²) in [6.07, 6.45) is 3.22.